The minimum absolute atomic E-state index is 0.302. The van der Waals surface area contributed by atoms with Gasteiger partial charge in [-0.2, -0.15) is 0 Å². The first kappa shape index (κ1) is 18.0. The fourth-order valence-corrected chi connectivity index (χ4v) is 3.14. The van der Waals surface area contributed by atoms with Gasteiger partial charge in [-0.25, -0.2) is 4.79 Å². The summed E-state index contributed by atoms with van der Waals surface area (Å²) < 4.78 is 1.10. The summed E-state index contributed by atoms with van der Waals surface area (Å²) in [5.74, 6) is 0.530. The molecule has 0 aliphatic rings. The van der Waals surface area contributed by atoms with E-state index in [4.69, 9.17) is 11.6 Å². The Morgan fingerprint density at radius 3 is 2.42 bits per heavy atom. The Bertz CT molecular complexity index is 1030. The van der Waals surface area contributed by atoms with E-state index in [0.717, 1.165) is 15.7 Å². The van der Waals surface area contributed by atoms with Crippen molar-refractivity contribution in [1.82, 2.24) is 9.55 Å². The summed E-state index contributed by atoms with van der Waals surface area (Å²) in [4.78, 5) is 29.6. The zero-order valence-corrected chi connectivity index (χ0v) is 15.5. The van der Waals surface area contributed by atoms with Crippen molar-refractivity contribution in [3.63, 3.8) is 0 Å². The van der Waals surface area contributed by atoms with Crippen molar-refractivity contribution in [3.05, 3.63) is 97.1 Å². The highest BCUT2D eigenvalue weighted by Crippen LogP contribution is 2.19. The lowest BCUT2D eigenvalue weighted by atomic mass is 10.1. The van der Waals surface area contributed by atoms with Crippen molar-refractivity contribution in [3.8, 4) is 0 Å². The zero-order valence-electron chi connectivity index (χ0n) is 14.7. The van der Waals surface area contributed by atoms with Gasteiger partial charge in [0.1, 0.15) is 5.82 Å². The SMILES string of the molecule is CN(Cc1ccccc1)c1[nH]c(=O)n(C)c(=O)c1Cc1cccc(Cl)c1. The van der Waals surface area contributed by atoms with Gasteiger partial charge in [0.15, 0.2) is 0 Å². The quantitative estimate of drug-likeness (QED) is 0.752. The maximum Gasteiger partial charge on any atom is 0.329 e. The Labute approximate surface area is 156 Å². The molecule has 5 nitrogen and oxygen atoms in total. The van der Waals surface area contributed by atoms with E-state index in [1.807, 2.05) is 60.5 Å². The van der Waals surface area contributed by atoms with E-state index in [9.17, 15) is 9.59 Å². The molecule has 0 spiro atoms. The minimum Gasteiger partial charge on any atom is -0.356 e. The first-order valence-electron chi connectivity index (χ1n) is 8.27. The number of H-pyrrole nitrogens is 1. The first-order chi connectivity index (χ1) is 12.5. The smallest absolute Gasteiger partial charge is 0.329 e. The van der Waals surface area contributed by atoms with E-state index in [1.165, 1.54) is 7.05 Å². The van der Waals surface area contributed by atoms with Crippen molar-refractivity contribution < 1.29 is 0 Å². The normalized spacial score (nSPS) is 10.7. The second-order valence-electron chi connectivity index (χ2n) is 6.27. The summed E-state index contributed by atoms with van der Waals surface area (Å²) in [6.07, 6.45) is 0.387. The van der Waals surface area contributed by atoms with Crippen LogP contribution in [0, 0.1) is 0 Å². The van der Waals surface area contributed by atoms with E-state index in [0.29, 0.717) is 29.4 Å². The molecule has 0 aliphatic carbocycles. The van der Waals surface area contributed by atoms with Crippen LogP contribution in [-0.4, -0.2) is 16.6 Å². The van der Waals surface area contributed by atoms with Crippen LogP contribution in [0.5, 0.6) is 0 Å². The predicted molar refractivity (Wildman–Crippen MR) is 105 cm³/mol. The fourth-order valence-electron chi connectivity index (χ4n) is 2.93. The van der Waals surface area contributed by atoms with Crippen molar-refractivity contribution in [2.24, 2.45) is 7.05 Å². The van der Waals surface area contributed by atoms with Crippen molar-refractivity contribution >= 4 is 17.4 Å². The first-order valence-corrected chi connectivity index (χ1v) is 8.65. The Balaban J connectivity index is 2.03. The topological polar surface area (TPSA) is 58.1 Å². The van der Waals surface area contributed by atoms with Crippen LogP contribution in [0.15, 0.2) is 64.2 Å². The minimum atomic E-state index is -0.431. The van der Waals surface area contributed by atoms with Gasteiger partial charge in [0.2, 0.25) is 0 Å². The van der Waals surface area contributed by atoms with Gasteiger partial charge in [-0.05, 0) is 23.3 Å². The molecule has 0 atom stereocenters. The van der Waals surface area contributed by atoms with Crippen molar-refractivity contribution in [2.45, 2.75) is 13.0 Å². The number of aromatic amines is 1. The highest BCUT2D eigenvalue weighted by atomic mass is 35.5. The molecule has 0 fully saturated rings. The van der Waals surface area contributed by atoms with Gasteiger partial charge in [-0.3, -0.25) is 14.3 Å². The molecule has 6 heteroatoms. The van der Waals surface area contributed by atoms with E-state index in [-0.39, 0.29) is 5.56 Å². The number of rotatable bonds is 5. The molecular weight excluding hydrogens is 350 g/mol. The van der Waals surface area contributed by atoms with Crippen LogP contribution in [0.25, 0.3) is 0 Å². The Morgan fingerprint density at radius 1 is 1.04 bits per heavy atom. The number of nitrogens with zero attached hydrogens (tertiary/aromatic N) is 2. The maximum absolute atomic E-state index is 12.7. The second kappa shape index (κ2) is 7.62. The summed E-state index contributed by atoms with van der Waals surface area (Å²) >= 11 is 6.07. The monoisotopic (exact) mass is 369 g/mol. The predicted octanol–water partition coefficient (Wildman–Crippen LogP) is 2.95. The number of halogens is 1. The molecule has 2 aromatic carbocycles. The van der Waals surface area contributed by atoms with Crippen LogP contribution < -0.4 is 16.1 Å². The number of hydrogen-bond donors (Lipinski definition) is 1. The van der Waals surface area contributed by atoms with Gasteiger partial charge in [0.25, 0.3) is 5.56 Å². The zero-order chi connectivity index (χ0) is 18.7. The third kappa shape index (κ3) is 3.89. The summed E-state index contributed by atoms with van der Waals surface area (Å²) in [6.45, 7) is 0.576. The summed E-state index contributed by atoms with van der Waals surface area (Å²) in [5, 5.41) is 0.614. The molecule has 1 aromatic heterocycles. The van der Waals surface area contributed by atoms with Crippen LogP contribution in [0.3, 0.4) is 0 Å². The molecule has 3 aromatic rings. The van der Waals surface area contributed by atoms with Gasteiger partial charge in [0, 0.05) is 32.1 Å². The van der Waals surface area contributed by atoms with Gasteiger partial charge >= 0.3 is 5.69 Å². The van der Waals surface area contributed by atoms with E-state index < -0.39 is 5.69 Å². The van der Waals surface area contributed by atoms with E-state index in [2.05, 4.69) is 4.98 Å². The van der Waals surface area contributed by atoms with Crippen LogP contribution in [-0.2, 0) is 20.0 Å². The molecule has 0 aliphatic heterocycles. The lowest BCUT2D eigenvalue weighted by molar-refractivity contribution is 0.742. The number of benzene rings is 2. The third-order valence-electron chi connectivity index (χ3n) is 4.29. The number of hydrogen-bond acceptors (Lipinski definition) is 3. The molecule has 0 saturated heterocycles. The second-order valence-corrected chi connectivity index (χ2v) is 6.71. The lowest BCUT2D eigenvalue weighted by Gasteiger charge is -2.22. The molecule has 26 heavy (non-hydrogen) atoms. The molecule has 0 unspecified atom stereocenters. The van der Waals surface area contributed by atoms with Gasteiger partial charge < -0.3 is 4.90 Å². The molecule has 0 bridgehead atoms. The Kier molecular flexibility index (Phi) is 5.28. The Hall–Kier alpha value is -2.79. The number of aromatic nitrogens is 2. The van der Waals surface area contributed by atoms with Gasteiger partial charge in [-0.1, -0.05) is 54.1 Å². The van der Waals surface area contributed by atoms with Crippen LogP contribution in [0.4, 0.5) is 5.82 Å². The summed E-state index contributed by atoms with van der Waals surface area (Å²) in [5.41, 5.74) is 1.80. The Morgan fingerprint density at radius 2 is 1.73 bits per heavy atom. The number of nitrogens with one attached hydrogen (secondary N) is 1. The fraction of sp³-hybridized carbons (Fsp3) is 0.200. The van der Waals surface area contributed by atoms with E-state index >= 15 is 0 Å². The highest BCUT2D eigenvalue weighted by Gasteiger charge is 2.16. The third-order valence-corrected chi connectivity index (χ3v) is 4.53. The van der Waals surface area contributed by atoms with Crippen LogP contribution >= 0.6 is 11.6 Å². The maximum atomic E-state index is 12.7. The van der Waals surface area contributed by atoms with Crippen molar-refractivity contribution in [2.75, 3.05) is 11.9 Å². The van der Waals surface area contributed by atoms with Gasteiger partial charge in [0.05, 0.1) is 5.56 Å². The molecule has 0 amide bonds. The van der Waals surface area contributed by atoms with Gasteiger partial charge in [-0.15, -0.1) is 0 Å². The molecule has 1 N–H and O–H groups in total. The molecule has 0 saturated carbocycles. The molecule has 0 radical (unpaired) electrons. The number of anilines is 1. The lowest BCUT2D eigenvalue weighted by Crippen LogP contribution is -2.38. The van der Waals surface area contributed by atoms with E-state index in [1.54, 1.807) is 6.07 Å². The van der Waals surface area contributed by atoms with Crippen molar-refractivity contribution in [1.29, 1.82) is 0 Å². The average molecular weight is 370 g/mol. The van der Waals surface area contributed by atoms with Crippen LogP contribution in [0.1, 0.15) is 16.7 Å². The molecule has 134 valence electrons. The standard InChI is InChI=1S/C20H20ClN3O2/c1-23(13-14-7-4-3-5-8-14)18-17(19(25)24(2)20(26)22-18)12-15-9-6-10-16(21)11-15/h3-11H,12-13H2,1-2H3,(H,22,26). The summed E-state index contributed by atoms with van der Waals surface area (Å²) in [7, 11) is 3.34. The molecule has 1 heterocycles. The largest absolute Gasteiger partial charge is 0.356 e. The molecule has 3 rings (SSSR count). The highest BCUT2D eigenvalue weighted by molar-refractivity contribution is 6.30. The van der Waals surface area contributed by atoms with Crippen LogP contribution in [0.2, 0.25) is 5.02 Å². The summed E-state index contributed by atoms with van der Waals surface area (Å²) in [6, 6.07) is 17.3. The molecular formula is C20H20ClN3O2. The average Bonchev–Trinajstić information content (AvgIpc) is 2.63.